The average Bonchev–Trinajstić information content (AvgIpc) is 2.84. The van der Waals surface area contributed by atoms with Crippen molar-refractivity contribution in [3.8, 4) is 11.1 Å². The van der Waals surface area contributed by atoms with E-state index < -0.39 is 0 Å². The molecule has 0 bridgehead atoms. The van der Waals surface area contributed by atoms with E-state index in [1.165, 1.54) is 23.1 Å². The zero-order valence-corrected chi connectivity index (χ0v) is 19.6. The Morgan fingerprint density at radius 1 is 1.00 bits per heavy atom. The molecule has 1 saturated heterocycles. The van der Waals surface area contributed by atoms with Crippen molar-refractivity contribution in [3.05, 3.63) is 78.1 Å². The second-order valence-corrected chi connectivity index (χ2v) is 9.18. The lowest BCUT2D eigenvalue weighted by molar-refractivity contribution is 0.198. The number of hydrogen-bond acceptors (Lipinski definition) is 6. The van der Waals surface area contributed by atoms with Crippen LogP contribution in [0.3, 0.4) is 0 Å². The molecule has 168 valence electrons. The van der Waals surface area contributed by atoms with Gasteiger partial charge in [0.15, 0.2) is 0 Å². The zero-order valence-electron chi connectivity index (χ0n) is 19.6. The number of likely N-dealkylation sites (tertiary alicyclic amines) is 1. The van der Waals surface area contributed by atoms with Gasteiger partial charge in [-0.2, -0.15) is 0 Å². The minimum absolute atomic E-state index is 0.415. The first-order valence-corrected chi connectivity index (χ1v) is 11.6. The molecule has 1 fully saturated rings. The molecule has 0 N–H and O–H groups in total. The molecule has 1 atom stereocenters. The van der Waals surface area contributed by atoms with Crippen LogP contribution in [0.25, 0.3) is 22.0 Å². The van der Waals surface area contributed by atoms with Gasteiger partial charge in [-0.05, 0) is 56.1 Å². The second-order valence-electron chi connectivity index (χ2n) is 9.18. The lowest BCUT2D eigenvalue weighted by Gasteiger charge is -2.33. The quantitative estimate of drug-likeness (QED) is 0.444. The Balaban J connectivity index is 1.40. The van der Waals surface area contributed by atoms with E-state index >= 15 is 0 Å². The maximum atomic E-state index is 4.95. The molecule has 1 aliphatic heterocycles. The molecule has 5 rings (SSSR count). The van der Waals surface area contributed by atoms with Crippen LogP contribution in [-0.2, 0) is 6.54 Å². The molecule has 1 aromatic carbocycles. The Labute approximate surface area is 195 Å². The van der Waals surface area contributed by atoms with Gasteiger partial charge in [-0.25, -0.2) is 15.0 Å². The minimum atomic E-state index is 0.415. The van der Waals surface area contributed by atoms with Crippen molar-refractivity contribution in [1.82, 2.24) is 24.8 Å². The number of aromatic nitrogens is 4. The predicted octanol–water partition coefficient (Wildman–Crippen LogP) is 4.84. The average molecular weight is 439 g/mol. The van der Waals surface area contributed by atoms with E-state index in [-0.39, 0.29) is 0 Å². The highest BCUT2D eigenvalue weighted by Gasteiger charge is 2.24. The molecular formula is C27H30N6. The third-order valence-electron chi connectivity index (χ3n) is 6.39. The van der Waals surface area contributed by atoms with Gasteiger partial charge in [-0.1, -0.05) is 18.2 Å². The van der Waals surface area contributed by atoms with Crippen LogP contribution in [-0.4, -0.2) is 52.0 Å². The Hall–Kier alpha value is -3.38. The van der Waals surface area contributed by atoms with Crippen molar-refractivity contribution in [2.75, 3.05) is 32.1 Å². The number of para-hydroxylation sites is 1. The largest absolute Gasteiger partial charge is 0.362 e. The van der Waals surface area contributed by atoms with Crippen LogP contribution in [0.5, 0.6) is 0 Å². The maximum absolute atomic E-state index is 4.95. The Bertz CT molecular complexity index is 1250. The monoisotopic (exact) mass is 438 g/mol. The molecule has 1 unspecified atom stereocenters. The number of aryl methyl sites for hydroxylation is 1. The van der Waals surface area contributed by atoms with Crippen LogP contribution < -0.4 is 4.90 Å². The highest BCUT2D eigenvalue weighted by Crippen LogP contribution is 2.31. The minimum Gasteiger partial charge on any atom is -0.362 e. The van der Waals surface area contributed by atoms with E-state index in [0.717, 1.165) is 54.2 Å². The molecule has 4 aromatic rings. The van der Waals surface area contributed by atoms with Crippen LogP contribution in [0, 0.1) is 6.92 Å². The van der Waals surface area contributed by atoms with Crippen molar-refractivity contribution in [2.24, 2.45) is 0 Å². The summed E-state index contributed by atoms with van der Waals surface area (Å²) in [4.78, 5) is 22.9. The predicted molar refractivity (Wildman–Crippen MR) is 133 cm³/mol. The Morgan fingerprint density at radius 3 is 2.64 bits per heavy atom. The van der Waals surface area contributed by atoms with Crippen molar-refractivity contribution in [2.45, 2.75) is 32.2 Å². The Morgan fingerprint density at radius 2 is 1.82 bits per heavy atom. The van der Waals surface area contributed by atoms with Gasteiger partial charge in [-0.15, -0.1) is 0 Å². The summed E-state index contributed by atoms with van der Waals surface area (Å²) >= 11 is 0. The van der Waals surface area contributed by atoms with Crippen molar-refractivity contribution in [1.29, 1.82) is 0 Å². The molecule has 33 heavy (non-hydrogen) atoms. The third-order valence-corrected chi connectivity index (χ3v) is 6.39. The van der Waals surface area contributed by atoms with E-state index in [1.807, 2.05) is 18.5 Å². The fourth-order valence-electron chi connectivity index (χ4n) is 4.85. The zero-order chi connectivity index (χ0) is 22.8. The van der Waals surface area contributed by atoms with Gasteiger partial charge >= 0.3 is 0 Å². The summed E-state index contributed by atoms with van der Waals surface area (Å²) in [6.45, 7) is 5.07. The molecule has 0 saturated carbocycles. The smallest absolute Gasteiger partial charge is 0.133 e. The standard InChI is InChI=1S/C27H30N6/c1-19-11-22(24-14-28-18-29-15-24)13-26(30-19)21-8-6-10-33(16-21)17-23-12-20-7-4-5-9-25(20)31-27(23)32(2)3/h4-5,7,9,11-15,18,21H,6,8,10,16-17H2,1-3H3. The van der Waals surface area contributed by atoms with E-state index in [9.17, 15) is 0 Å². The number of piperidine rings is 1. The van der Waals surface area contributed by atoms with E-state index in [0.29, 0.717) is 5.92 Å². The summed E-state index contributed by atoms with van der Waals surface area (Å²) in [6.07, 6.45) is 7.64. The number of benzene rings is 1. The lowest BCUT2D eigenvalue weighted by atomic mass is 9.92. The Kier molecular flexibility index (Phi) is 6.01. The summed E-state index contributed by atoms with van der Waals surface area (Å²) in [5.74, 6) is 1.47. The van der Waals surface area contributed by atoms with Crippen molar-refractivity contribution >= 4 is 16.7 Å². The van der Waals surface area contributed by atoms with E-state index in [4.69, 9.17) is 9.97 Å². The number of fused-ring (bicyclic) bond motifs is 1. The fourth-order valence-corrected chi connectivity index (χ4v) is 4.85. The number of anilines is 1. The number of nitrogens with zero attached hydrogens (tertiary/aromatic N) is 6. The molecule has 6 heteroatoms. The summed E-state index contributed by atoms with van der Waals surface area (Å²) in [6, 6.07) is 15.0. The maximum Gasteiger partial charge on any atom is 0.133 e. The molecule has 0 amide bonds. The molecular weight excluding hydrogens is 408 g/mol. The van der Waals surface area contributed by atoms with E-state index in [1.54, 1.807) is 6.33 Å². The van der Waals surface area contributed by atoms with Gasteiger partial charge in [0.1, 0.15) is 12.1 Å². The van der Waals surface area contributed by atoms with Gasteiger partial charge in [0.05, 0.1) is 5.52 Å². The van der Waals surface area contributed by atoms with Crippen molar-refractivity contribution < 1.29 is 0 Å². The molecule has 0 spiro atoms. The molecule has 0 aliphatic carbocycles. The van der Waals surface area contributed by atoms with Gasteiger partial charge < -0.3 is 4.90 Å². The van der Waals surface area contributed by atoms with Crippen molar-refractivity contribution in [3.63, 3.8) is 0 Å². The van der Waals surface area contributed by atoms with Crippen LogP contribution in [0.1, 0.15) is 35.7 Å². The molecule has 1 aliphatic rings. The highest BCUT2D eigenvalue weighted by atomic mass is 15.2. The number of hydrogen-bond donors (Lipinski definition) is 0. The first kappa shape index (κ1) is 21.5. The summed E-state index contributed by atoms with van der Waals surface area (Å²) in [5.41, 5.74) is 6.71. The van der Waals surface area contributed by atoms with Gasteiger partial charge in [-0.3, -0.25) is 9.88 Å². The van der Waals surface area contributed by atoms with Gasteiger partial charge in [0, 0.05) is 73.4 Å². The number of pyridine rings is 2. The van der Waals surface area contributed by atoms with Crippen LogP contribution >= 0.6 is 0 Å². The van der Waals surface area contributed by atoms with Crippen LogP contribution in [0.4, 0.5) is 5.82 Å². The summed E-state index contributed by atoms with van der Waals surface area (Å²) in [5, 5.41) is 1.20. The topological polar surface area (TPSA) is 58.0 Å². The third kappa shape index (κ3) is 4.71. The lowest BCUT2D eigenvalue weighted by Crippen LogP contribution is -2.34. The first-order chi connectivity index (χ1) is 16.1. The number of rotatable bonds is 5. The van der Waals surface area contributed by atoms with Gasteiger partial charge in [0.25, 0.3) is 0 Å². The first-order valence-electron chi connectivity index (χ1n) is 11.6. The fraction of sp³-hybridized carbons (Fsp3) is 0.333. The van der Waals surface area contributed by atoms with Crippen LogP contribution in [0.2, 0.25) is 0 Å². The molecule has 0 radical (unpaired) electrons. The highest BCUT2D eigenvalue weighted by molar-refractivity contribution is 5.81. The van der Waals surface area contributed by atoms with Gasteiger partial charge in [0.2, 0.25) is 0 Å². The summed E-state index contributed by atoms with van der Waals surface area (Å²) < 4.78 is 0. The van der Waals surface area contributed by atoms with E-state index in [2.05, 4.69) is 77.2 Å². The normalized spacial score (nSPS) is 16.8. The molecule has 6 nitrogen and oxygen atoms in total. The molecule has 4 heterocycles. The van der Waals surface area contributed by atoms with Crippen LogP contribution in [0.15, 0.2) is 61.2 Å². The SMILES string of the molecule is Cc1cc(-c2cncnc2)cc(C2CCCN(Cc3cc4ccccc4nc3N(C)C)C2)n1. The second kappa shape index (κ2) is 9.24. The summed E-state index contributed by atoms with van der Waals surface area (Å²) in [7, 11) is 4.15. The molecule has 3 aromatic heterocycles.